The molecule has 5 nitrogen and oxygen atoms in total. The van der Waals surface area contributed by atoms with E-state index in [1.807, 2.05) is 18.7 Å². The Balaban J connectivity index is 2.87. The number of hydrogen-bond donors (Lipinski definition) is 0. The van der Waals surface area contributed by atoms with Crippen molar-refractivity contribution in [1.82, 2.24) is 4.90 Å². The molecule has 1 aliphatic heterocycles. The molecule has 2 unspecified atom stereocenters. The van der Waals surface area contributed by atoms with E-state index >= 15 is 0 Å². The summed E-state index contributed by atoms with van der Waals surface area (Å²) in [6.45, 7) is 2.46. The van der Waals surface area contributed by atoms with E-state index < -0.39 is 6.72 Å². The summed E-state index contributed by atoms with van der Waals surface area (Å²) in [6.07, 6.45) is 1.71. The maximum atomic E-state index is 11.9. The number of hydrogen-bond acceptors (Lipinski definition) is 4. The fourth-order valence-corrected chi connectivity index (χ4v) is 2.95. The van der Waals surface area contributed by atoms with Crippen LogP contribution in [0, 0.1) is 0 Å². The Hall–Kier alpha value is -0.190. The molecule has 1 saturated heterocycles. The summed E-state index contributed by atoms with van der Waals surface area (Å²) in [5, 5.41) is 0. The van der Waals surface area contributed by atoms with Crippen molar-refractivity contribution < 1.29 is 13.8 Å². The predicted octanol–water partition coefficient (Wildman–Crippen LogP) is 2.20. The van der Waals surface area contributed by atoms with Gasteiger partial charge in [0.15, 0.2) is 0 Å². The lowest BCUT2D eigenvalue weighted by atomic mass is 10.3. The van der Waals surface area contributed by atoms with E-state index in [9.17, 15) is 4.57 Å². The number of likely N-dealkylation sites (N-methyl/N-ethyl adjacent to an activating group) is 1. The summed E-state index contributed by atoms with van der Waals surface area (Å²) in [7, 11) is 1.40. The topological polar surface area (TPSA) is 51.1 Å². The van der Waals surface area contributed by atoms with Gasteiger partial charge in [0.2, 0.25) is 0 Å². The highest BCUT2D eigenvalue weighted by Crippen LogP contribution is 2.59. The highest BCUT2D eigenvalue weighted by Gasteiger charge is 2.30. The first-order chi connectivity index (χ1) is 7.06. The molecule has 1 aliphatic rings. The normalized spacial score (nSPS) is 27.9. The molecule has 0 aromatic heterocycles. The zero-order chi connectivity index (χ0) is 11.5. The summed E-state index contributed by atoms with van der Waals surface area (Å²) in [5.41, 5.74) is 0. The lowest BCUT2D eigenvalue weighted by molar-refractivity contribution is 0.324. The summed E-state index contributed by atoms with van der Waals surface area (Å²) in [4.78, 5) is 1.97. The molecule has 1 rings (SSSR count). The smallest absolute Gasteiger partial charge is 0.375 e. The van der Waals surface area contributed by atoms with Crippen LogP contribution in [0.25, 0.3) is 0 Å². The van der Waals surface area contributed by atoms with Gasteiger partial charge in [-0.05, 0) is 31.5 Å². The minimum atomic E-state index is -2.97. The van der Waals surface area contributed by atoms with Crippen molar-refractivity contribution in [3.05, 3.63) is 0 Å². The molecular weight excluding hydrogens is 235 g/mol. The van der Waals surface area contributed by atoms with Crippen molar-refractivity contribution in [2.75, 3.05) is 26.5 Å². The third-order valence-corrected chi connectivity index (χ3v) is 5.66. The van der Waals surface area contributed by atoms with Crippen LogP contribution in [0.4, 0.5) is 0 Å². The monoisotopic (exact) mass is 252 g/mol. The minimum absolute atomic E-state index is 0.279. The lowest BCUT2D eigenvalue weighted by Gasteiger charge is -2.18. The Morgan fingerprint density at radius 2 is 2.47 bits per heavy atom. The van der Waals surface area contributed by atoms with Crippen LogP contribution in [-0.2, 0) is 13.8 Å². The summed E-state index contributed by atoms with van der Waals surface area (Å²) in [6, 6.07) is 0.713. The van der Waals surface area contributed by atoms with E-state index in [1.165, 1.54) is 7.11 Å². The highest BCUT2D eigenvalue weighted by atomic mass is 32.7. The van der Waals surface area contributed by atoms with Crippen LogP contribution in [0.5, 0.6) is 0 Å². The average Bonchev–Trinajstić information content (AvgIpc) is 2.59. The molecule has 0 aromatic carbocycles. The zero-order valence-corrected chi connectivity index (χ0v) is 11.2. The number of amidine groups is 1. The molecule has 0 radical (unpaired) electrons. The summed E-state index contributed by atoms with van der Waals surface area (Å²) < 4.78 is 26.3. The second kappa shape index (κ2) is 5.23. The van der Waals surface area contributed by atoms with Gasteiger partial charge in [-0.25, -0.2) is 0 Å². The van der Waals surface area contributed by atoms with Crippen molar-refractivity contribution in [1.29, 1.82) is 0 Å². The Labute approximate surface area is 94.5 Å². The van der Waals surface area contributed by atoms with E-state index in [1.54, 1.807) is 6.26 Å². The molecule has 15 heavy (non-hydrogen) atoms. The quantitative estimate of drug-likeness (QED) is 0.718. The molecule has 0 aromatic rings. The first-order valence-corrected chi connectivity index (χ1v) is 8.18. The van der Waals surface area contributed by atoms with Crippen molar-refractivity contribution in [3.8, 4) is 0 Å². The van der Waals surface area contributed by atoms with E-state index in [0.29, 0.717) is 12.6 Å². The molecule has 0 aliphatic carbocycles. The fourth-order valence-electron chi connectivity index (χ4n) is 1.35. The SMILES string of the molecule is CCN1/C(=N\P(=O)(OC)SC)OCC1C. The lowest BCUT2D eigenvalue weighted by Crippen LogP contribution is -2.31. The van der Waals surface area contributed by atoms with Gasteiger partial charge >= 0.3 is 6.72 Å². The average molecular weight is 252 g/mol. The van der Waals surface area contributed by atoms with Gasteiger partial charge < -0.3 is 14.2 Å². The van der Waals surface area contributed by atoms with E-state index in [0.717, 1.165) is 17.9 Å². The third kappa shape index (κ3) is 2.89. The highest BCUT2D eigenvalue weighted by molar-refractivity contribution is 8.55. The molecular formula is C8H17N2O3PS. The van der Waals surface area contributed by atoms with Crippen LogP contribution < -0.4 is 0 Å². The van der Waals surface area contributed by atoms with E-state index in [4.69, 9.17) is 9.26 Å². The van der Waals surface area contributed by atoms with Crippen molar-refractivity contribution in [2.24, 2.45) is 4.76 Å². The van der Waals surface area contributed by atoms with Crippen molar-refractivity contribution in [3.63, 3.8) is 0 Å². The van der Waals surface area contributed by atoms with Crippen LogP contribution >= 0.6 is 18.1 Å². The fraction of sp³-hybridized carbons (Fsp3) is 0.875. The molecule has 7 heteroatoms. The van der Waals surface area contributed by atoms with E-state index in [2.05, 4.69) is 4.76 Å². The van der Waals surface area contributed by atoms with Gasteiger partial charge in [-0.1, -0.05) is 0 Å². The molecule has 1 fully saturated rings. The zero-order valence-electron chi connectivity index (χ0n) is 9.47. The minimum Gasteiger partial charge on any atom is -0.463 e. The molecule has 88 valence electrons. The van der Waals surface area contributed by atoms with Crippen molar-refractivity contribution >= 4 is 24.1 Å². The molecule has 0 bridgehead atoms. The molecule has 1 heterocycles. The Morgan fingerprint density at radius 1 is 1.80 bits per heavy atom. The van der Waals surface area contributed by atoms with Crippen LogP contribution in [0.15, 0.2) is 4.76 Å². The standard InChI is InChI=1S/C8H17N2O3PS/c1-5-10-7(2)6-13-8(10)9-14(11,12-3)15-4/h7H,5-6H2,1-4H3/b9-8+. The van der Waals surface area contributed by atoms with Crippen LogP contribution in [0.1, 0.15) is 13.8 Å². The number of rotatable bonds is 4. The van der Waals surface area contributed by atoms with E-state index in [-0.39, 0.29) is 6.04 Å². The van der Waals surface area contributed by atoms with Gasteiger partial charge in [-0.3, -0.25) is 4.57 Å². The molecule has 2 atom stereocenters. The van der Waals surface area contributed by atoms with Gasteiger partial charge in [0.25, 0.3) is 6.02 Å². The molecule has 0 N–H and O–H groups in total. The van der Waals surface area contributed by atoms with Gasteiger partial charge in [-0.15, -0.1) is 4.76 Å². The molecule has 0 amide bonds. The number of nitrogens with zero attached hydrogens (tertiary/aromatic N) is 2. The van der Waals surface area contributed by atoms with Crippen LogP contribution in [-0.4, -0.2) is 43.5 Å². The third-order valence-electron chi connectivity index (χ3n) is 2.24. The van der Waals surface area contributed by atoms with Gasteiger partial charge in [0.1, 0.15) is 6.61 Å². The van der Waals surface area contributed by atoms with Gasteiger partial charge in [0, 0.05) is 13.7 Å². The largest absolute Gasteiger partial charge is 0.463 e. The Bertz CT molecular complexity index is 290. The molecule has 0 spiro atoms. The Morgan fingerprint density at radius 3 is 2.93 bits per heavy atom. The summed E-state index contributed by atoms with van der Waals surface area (Å²) in [5.74, 6) is 0. The van der Waals surface area contributed by atoms with Crippen molar-refractivity contribution in [2.45, 2.75) is 19.9 Å². The summed E-state index contributed by atoms with van der Waals surface area (Å²) >= 11 is 1.11. The van der Waals surface area contributed by atoms with Gasteiger partial charge in [-0.2, -0.15) is 0 Å². The molecule has 0 saturated carbocycles. The number of ether oxygens (including phenoxy) is 1. The Kier molecular flexibility index (Phi) is 4.49. The van der Waals surface area contributed by atoms with Crippen LogP contribution in [0.3, 0.4) is 0 Å². The second-order valence-corrected chi connectivity index (χ2v) is 7.51. The predicted molar refractivity (Wildman–Crippen MR) is 63.4 cm³/mol. The van der Waals surface area contributed by atoms with Gasteiger partial charge in [0.05, 0.1) is 6.04 Å². The first-order valence-electron chi connectivity index (χ1n) is 4.77. The second-order valence-electron chi connectivity index (χ2n) is 3.16. The first kappa shape index (κ1) is 12.9. The van der Waals surface area contributed by atoms with Crippen LogP contribution in [0.2, 0.25) is 0 Å². The maximum Gasteiger partial charge on any atom is 0.375 e. The maximum absolute atomic E-state index is 11.9.